The van der Waals surface area contributed by atoms with Gasteiger partial charge in [0.15, 0.2) is 5.84 Å². The van der Waals surface area contributed by atoms with Crippen LogP contribution in [0.1, 0.15) is 31.9 Å². The van der Waals surface area contributed by atoms with Crippen LogP contribution >= 0.6 is 0 Å². The van der Waals surface area contributed by atoms with Gasteiger partial charge in [0.05, 0.1) is 5.69 Å². The third-order valence-corrected chi connectivity index (χ3v) is 4.17. The Hall–Kier alpha value is -1.75. The molecule has 1 aromatic carbocycles. The molecule has 0 aromatic heterocycles. The Balaban J connectivity index is 2.25. The van der Waals surface area contributed by atoms with Crippen molar-refractivity contribution in [3.8, 4) is 0 Å². The molecule has 1 fully saturated rings. The predicted octanol–water partition coefficient (Wildman–Crippen LogP) is 2.01. The van der Waals surface area contributed by atoms with Gasteiger partial charge in [-0.15, -0.1) is 0 Å². The van der Waals surface area contributed by atoms with Crippen LogP contribution in [-0.2, 0) is 0 Å². The third-order valence-electron chi connectivity index (χ3n) is 4.17. The summed E-state index contributed by atoms with van der Waals surface area (Å²) in [6.45, 7) is 12.8. The molecule has 1 saturated heterocycles. The van der Waals surface area contributed by atoms with Crippen LogP contribution in [0.2, 0.25) is 0 Å². The van der Waals surface area contributed by atoms with E-state index in [-0.39, 0.29) is 11.4 Å². The zero-order chi connectivity index (χ0) is 15.6. The van der Waals surface area contributed by atoms with Gasteiger partial charge in [-0.3, -0.25) is 4.90 Å². The molecule has 0 bridgehead atoms. The Bertz CT molecular complexity index is 526. The van der Waals surface area contributed by atoms with Crippen molar-refractivity contribution in [3.63, 3.8) is 0 Å². The van der Waals surface area contributed by atoms with E-state index in [4.69, 9.17) is 10.9 Å². The van der Waals surface area contributed by atoms with Gasteiger partial charge in [0, 0.05) is 37.3 Å². The van der Waals surface area contributed by atoms with Gasteiger partial charge in [0.25, 0.3) is 0 Å². The SMILES string of the molecule is Cc1cccc(/C(N)=N/O)c1N1CCN(C(C)(C)C)CC1. The van der Waals surface area contributed by atoms with Crippen molar-refractivity contribution < 1.29 is 5.21 Å². The average Bonchev–Trinajstić information content (AvgIpc) is 2.45. The highest BCUT2D eigenvalue weighted by molar-refractivity contribution is 6.02. The number of para-hydroxylation sites is 1. The summed E-state index contributed by atoms with van der Waals surface area (Å²) in [5, 5.41) is 12.2. The molecule has 116 valence electrons. The highest BCUT2D eigenvalue weighted by Crippen LogP contribution is 2.27. The fourth-order valence-corrected chi connectivity index (χ4v) is 2.94. The molecule has 0 saturated carbocycles. The number of anilines is 1. The van der Waals surface area contributed by atoms with E-state index >= 15 is 0 Å². The van der Waals surface area contributed by atoms with E-state index in [1.165, 1.54) is 0 Å². The van der Waals surface area contributed by atoms with Crippen LogP contribution in [-0.4, -0.2) is 47.7 Å². The molecule has 1 heterocycles. The van der Waals surface area contributed by atoms with Crippen LogP contribution in [0.25, 0.3) is 0 Å². The Morgan fingerprint density at radius 3 is 2.33 bits per heavy atom. The molecule has 0 unspecified atom stereocenters. The minimum Gasteiger partial charge on any atom is -0.409 e. The van der Waals surface area contributed by atoms with Crippen molar-refractivity contribution >= 4 is 11.5 Å². The first kappa shape index (κ1) is 15.6. The summed E-state index contributed by atoms with van der Waals surface area (Å²) in [5.41, 5.74) is 9.08. The van der Waals surface area contributed by atoms with Crippen molar-refractivity contribution in [2.24, 2.45) is 10.9 Å². The van der Waals surface area contributed by atoms with Gasteiger partial charge in [-0.1, -0.05) is 17.3 Å². The monoisotopic (exact) mass is 290 g/mol. The summed E-state index contributed by atoms with van der Waals surface area (Å²) in [7, 11) is 0. The number of oxime groups is 1. The molecule has 1 aliphatic heterocycles. The fraction of sp³-hybridized carbons (Fsp3) is 0.562. The zero-order valence-electron chi connectivity index (χ0n) is 13.4. The van der Waals surface area contributed by atoms with Crippen molar-refractivity contribution in [2.45, 2.75) is 33.2 Å². The summed E-state index contributed by atoms with van der Waals surface area (Å²) < 4.78 is 0. The molecule has 0 aliphatic carbocycles. The topological polar surface area (TPSA) is 65.1 Å². The quantitative estimate of drug-likeness (QED) is 0.378. The van der Waals surface area contributed by atoms with E-state index in [9.17, 15) is 0 Å². The highest BCUT2D eigenvalue weighted by atomic mass is 16.4. The molecule has 1 aromatic rings. The number of amidine groups is 1. The summed E-state index contributed by atoms with van der Waals surface area (Å²) >= 11 is 0. The van der Waals surface area contributed by atoms with E-state index in [2.05, 4.69) is 48.7 Å². The third kappa shape index (κ3) is 3.29. The Morgan fingerprint density at radius 1 is 1.19 bits per heavy atom. The van der Waals surface area contributed by atoms with Crippen LogP contribution in [0.15, 0.2) is 23.4 Å². The molecule has 0 spiro atoms. The summed E-state index contributed by atoms with van der Waals surface area (Å²) in [6, 6.07) is 5.92. The van der Waals surface area contributed by atoms with Crippen LogP contribution < -0.4 is 10.6 Å². The molecule has 2 rings (SSSR count). The van der Waals surface area contributed by atoms with Crippen molar-refractivity contribution in [1.82, 2.24) is 4.90 Å². The molecule has 5 nitrogen and oxygen atoms in total. The molecule has 1 aliphatic rings. The van der Waals surface area contributed by atoms with Crippen LogP contribution in [0.3, 0.4) is 0 Å². The first-order chi connectivity index (χ1) is 9.84. The van der Waals surface area contributed by atoms with Gasteiger partial charge in [0.1, 0.15) is 0 Å². The number of piperazine rings is 1. The average molecular weight is 290 g/mol. The van der Waals surface area contributed by atoms with Crippen LogP contribution in [0.4, 0.5) is 5.69 Å². The Kier molecular flexibility index (Phi) is 4.42. The molecule has 0 radical (unpaired) electrons. The van der Waals surface area contributed by atoms with E-state index in [0.29, 0.717) is 0 Å². The van der Waals surface area contributed by atoms with Crippen molar-refractivity contribution in [1.29, 1.82) is 0 Å². The zero-order valence-corrected chi connectivity index (χ0v) is 13.4. The molecule has 3 N–H and O–H groups in total. The van der Waals surface area contributed by atoms with Gasteiger partial charge in [0.2, 0.25) is 0 Å². The van der Waals surface area contributed by atoms with E-state index < -0.39 is 0 Å². The second-order valence-electron chi connectivity index (χ2n) is 6.60. The minimum atomic E-state index is 0.173. The second kappa shape index (κ2) is 5.93. The summed E-state index contributed by atoms with van der Waals surface area (Å²) in [5.74, 6) is 0.173. The van der Waals surface area contributed by atoms with Gasteiger partial charge in [-0.05, 0) is 39.3 Å². The lowest BCUT2D eigenvalue weighted by Crippen LogP contribution is -2.53. The molecule has 0 atom stereocenters. The lowest BCUT2D eigenvalue weighted by molar-refractivity contribution is 0.128. The number of hydrogen-bond donors (Lipinski definition) is 2. The smallest absolute Gasteiger partial charge is 0.172 e. The van der Waals surface area contributed by atoms with Crippen LogP contribution in [0.5, 0.6) is 0 Å². The largest absolute Gasteiger partial charge is 0.409 e. The van der Waals surface area contributed by atoms with Gasteiger partial charge < -0.3 is 15.8 Å². The number of nitrogens with zero attached hydrogens (tertiary/aromatic N) is 3. The second-order valence-corrected chi connectivity index (χ2v) is 6.60. The summed E-state index contributed by atoms with van der Waals surface area (Å²) in [4.78, 5) is 4.83. The minimum absolute atomic E-state index is 0.173. The number of nitrogens with two attached hydrogens (primary N) is 1. The molecule has 0 amide bonds. The first-order valence-corrected chi connectivity index (χ1v) is 7.42. The molecule has 21 heavy (non-hydrogen) atoms. The standard InChI is InChI=1S/C16H26N4O/c1-12-6-5-7-13(15(17)18-21)14(12)19-8-10-20(11-9-19)16(2,3)4/h5-7,21H,8-11H2,1-4H3,(H2,17,18). The van der Waals surface area contributed by atoms with Gasteiger partial charge in [-0.2, -0.15) is 0 Å². The number of hydrogen-bond acceptors (Lipinski definition) is 4. The maximum absolute atomic E-state index is 8.99. The molecular formula is C16H26N4O. The molecular weight excluding hydrogens is 264 g/mol. The Labute approximate surface area is 127 Å². The highest BCUT2D eigenvalue weighted by Gasteiger charge is 2.27. The number of benzene rings is 1. The lowest BCUT2D eigenvalue weighted by Gasteiger charge is -2.43. The van der Waals surface area contributed by atoms with Crippen molar-refractivity contribution in [3.05, 3.63) is 29.3 Å². The maximum Gasteiger partial charge on any atom is 0.172 e. The number of rotatable bonds is 2. The lowest BCUT2D eigenvalue weighted by atomic mass is 10.0. The van der Waals surface area contributed by atoms with Crippen LogP contribution in [0, 0.1) is 6.92 Å². The van der Waals surface area contributed by atoms with E-state index in [1.54, 1.807) is 0 Å². The fourth-order valence-electron chi connectivity index (χ4n) is 2.94. The molecule has 5 heteroatoms. The predicted molar refractivity (Wildman–Crippen MR) is 87.2 cm³/mol. The van der Waals surface area contributed by atoms with Crippen molar-refractivity contribution in [2.75, 3.05) is 31.1 Å². The maximum atomic E-state index is 8.99. The summed E-state index contributed by atoms with van der Waals surface area (Å²) in [6.07, 6.45) is 0. The van der Waals surface area contributed by atoms with Gasteiger partial charge >= 0.3 is 0 Å². The van der Waals surface area contributed by atoms with Gasteiger partial charge in [-0.25, -0.2) is 0 Å². The number of aryl methyl sites for hydroxylation is 1. The first-order valence-electron chi connectivity index (χ1n) is 7.42. The normalized spacial score (nSPS) is 18.1. The van der Waals surface area contributed by atoms with E-state index in [1.807, 2.05) is 12.1 Å². The van der Waals surface area contributed by atoms with E-state index in [0.717, 1.165) is 43.0 Å². The Morgan fingerprint density at radius 2 is 1.81 bits per heavy atom.